The molecule has 1 fully saturated rings. The average molecular weight is 462 g/mol. The van der Waals surface area contributed by atoms with Crippen LogP contribution in [0.15, 0.2) is 67.0 Å². The van der Waals surface area contributed by atoms with Crippen molar-refractivity contribution in [2.75, 3.05) is 38.1 Å². The van der Waals surface area contributed by atoms with Crippen molar-refractivity contribution in [3.8, 4) is 11.1 Å². The van der Waals surface area contributed by atoms with E-state index in [2.05, 4.69) is 56.4 Å². The second kappa shape index (κ2) is 11.7. The second-order valence-corrected chi connectivity index (χ2v) is 8.93. The summed E-state index contributed by atoms with van der Waals surface area (Å²) in [5.41, 5.74) is 3.01. The summed E-state index contributed by atoms with van der Waals surface area (Å²) in [5, 5.41) is 3.12. The van der Waals surface area contributed by atoms with Gasteiger partial charge in [0.1, 0.15) is 5.82 Å². The first-order valence-electron chi connectivity index (χ1n) is 11.9. The molecule has 1 unspecified atom stereocenters. The molecule has 1 amide bonds. The molecule has 178 valence electrons. The monoisotopic (exact) mass is 461 g/mol. The summed E-state index contributed by atoms with van der Waals surface area (Å²) in [4.78, 5) is 26.1. The van der Waals surface area contributed by atoms with E-state index in [-0.39, 0.29) is 17.6 Å². The largest absolute Gasteiger partial charge is 0.356 e. The van der Waals surface area contributed by atoms with Gasteiger partial charge in [-0.05, 0) is 56.1 Å². The maximum absolute atomic E-state index is 13.2. The van der Waals surface area contributed by atoms with E-state index in [1.807, 2.05) is 6.07 Å². The SMILES string of the molecule is CN(CCCNC(=O)C1CCCN(c2ncc(-c3ccc(F)cc3)cn2)C1)Cc1ccccc1. The lowest BCUT2D eigenvalue weighted by Gasteiger charge is -2.32. The summed E-state index contributed by atoms with van der Waals surface area (Å²) in [7, 11) is 2.11. The maximum Gasteiger partial charge on any atom is 0.225 e. The molecule has 34 heavy (non-hydrogen) atoms. The van der Waals surface area contributed by atoms with Crippen LogP contribution in [0.1, 0.15) is 24.8 Å². The predicted molar refractivity (Wildman–Crippen MR) is 133 cm³/mol. The van der Waals surface area contributed by atoms with E-state index in [0.717, 1.165) is 50.0 Å². The first kappa shape index (κ1) is 23.8. The van der Waals surface area contributed by atoms with Gasteiger partial charge in [0.25, 0.3) is 0 Å². The van der Waals surface area contributed by atoms with Crippen LogP contribution in [0.3, 0.4) is 0 Å². The van der Waals surface area contributed by atoms with Crippen LogP contribution in [0.2, 0.25) is 0 Å². The van der Waals surface area contributed by atoms with Crippen LogP contribution in [0.25, 0.3) is 11.1 Å². The molecule has 0 spiro atoms. The number of benzene rings is 2. The van der Waals surface area contributed by atoms with Gasteiger partial charge < -0.3 is 15.1 Å². The lowest BCUT2D eigenvalue weighted by molar-refractivity contribution is -0.125. The summed E-state index contributed by atoms with van der Waals surface area (Å²) in [6, 6.07) is 16.7. The van der Waals surface area contributed by atoms with Gasteiger partial charge in [-0.2, -0.15) is 0 Å². The third kappa shape index (κ3) is 6.60. The summed E-state index contributed by atoms with van der Waals surface area (Å²) >= 11 is 0. The third-order valence-electron chi connectivity index (χ3n) is 6.20. The minimum atomic E-state index is -0.266. The Balaban J connectivity index is 1.22. The first-order valence-corrected chi connectivity index (χ1v) is 11.9. The predicted octanol–water partition coefficient (Wildman–Crippen LogP) is 4.14. The number of nitrogens with zero attached hydrogens (tertiary/aromatic N) is 4. The molecule has 3 aromatic rings. The normalized spacial score (nSPS) is 16.0. The lowest BCUT2D eigenvalue weighted by Crippen LogP contribution is -2.44. The van der Waals surface area contributed by atoms with Crippen LogP contribution in [0.5, 0.6) is 0 Å². The van der Waals surface area contributed by atoms with Crippen molar-refractivity contribution in [3.05, 3.63) is 78.4 Å². The van der Waals surface area contributed by atoms with Gasteiger partial charge in [0.15, 0.2) is 0 Å². The Morgan fingerprint density at radius 1 is 1.09 bits per heavy atom. The summed E-state index contributed by atoms with van der Waals surface area (Å²) < 4.78 is 13.2. The van der Waals surface area contributed by atoms with E-state index in [1.165, 1.54) is 17.7 Å². The quantitative estimate of drug-likeness (QED) is 0.486. The fourth-order valence-corrected chi connectivity index (χ4v) is 4.33. The number of rotatable bonds is 9. The maximum atomic E-state index is 13.2. The van der Waals surface area contributed by atoms with Crippen LogP contribution in [-0.2, 0) is 11.3 Å². The number of piperidine rings is 1. The highest BCUT2D eigenvalue weighted by atomic mass is 19.1. The van der Waals surface area contributed by atoms with Gasteiger partial charge in [-0.15, -0.1) is 0 Å². The second-order valence-electron chi connectivity index (χ2n) is 8.93. The molecule has 0 aliphatic carbocycles. The van der Waals surface area contributed by atoms with E-state index >= 15 is 0 Å². The molecule has 6 nitrogen and oxygen atoms in total. The van der Waals surface area contributed by atoms with E-state index < -0.39 is 0 Å². The molecule has 1 atom stereocenters. The number of anilines is 1. The molecule has 0 saturated carbocycles. The number of halogens is 1. The summed E-state index contributed by atoms with van der Waals surface area (Å²) in [6.07, 6.45) is 6.24. The number of carbonyl (C=O) groups is 1. The van der Waals surface area contributed by atoms with Crippen LogP contribution >= 0.6 is 0 Å². The zero-order valence-corrected chi connectivity index (χ0v) is 19.7. The third-order valence-corrected chi connectivity index (χ3v) is 6.20. The minimum Gasteiger partial charge on any atom is -0.356 e. The van der Waals surface area contributed by atoms with E-state index in [0.29, 0.717) is 19.0 Å². The number of carbonyl (C=O) groups excluding carboxylic acids is 1. The number of hydrogen-bond donors (Lipinski definition) is 1. The topological polar surface area (TPSA) is 61.4 Å². The lowest BCUT2D eigenvalue weighted by atomic mass is 9.97. The van der Waals surface area contributed by atoms with Gasteiger partial charge in [-0.3, -0.25) is 4.79 Å². The molecule has 7 heteroatoms. The van der Waals surface area contributed by atoms with E-state index in [9.17, 15) is 9.18 Å². The van der Waals surface area contributed by atoms with Crippen molar-refractivity contribution in [1.29, 1.82) is 0 Å². The fourth-order valence-electron chi connectivity index (χ4n) is 4.33. The fraction of sp³-hybridized carbons (Fsp3) is 0.370. The summed E-state index contributed by atoms with van der Waals surface area (Å²) in [5.74, 6) is 0.415. The standard InChI is InChI=1S/C27H32FN5O/c1-32(19-21-7-3-2-4-8-21)15-6-14-29-26(34)23-9-5-16-33(20-23)27-30-17-24(18-31-27)22-10-12-25(28)13-11-22/h2-4,7-8,10-13,17-18,23H,5-6,9,14-16,19-20H2,1H3,(H,29,34). The highest BCUT2D eigenvalue weighted by Gasteiger charge is 2.27. The Bertz CT molecular complexity index is 1040. The smallest absolute Gasteiger partial charge is 0.225 e. The van der Waals surface area contributed by atoms with Crippen LogP contribution in [-0.4, -0.2) is 54.0 Å². The van der Waals surface area contributed by atoms with Gasteiger partial charge in [-0.1, -0.05) is 42.5 Å². The Kier molecular flexibility index (Phi) is 8.20. The average Bonchev–Trinajstić information content (AvgIpc) is 2.88. The highest BCUT2D eigenvalue weighted by Crippen LogP contribution is 2.23. The molecule has 4 rings (SSSR count). The molecule has 2 heterocycles. The molecule has 1 aliphatic rings. The Morgan fingerprint density at radius 2 is 1.82 bits per heavy atom. The Morgan fingerprint density at radius 3 is 2.56 bits per heavy atom. The summed E-state index contributed by atoms with van der Waals surface area (Å²) in [6.45, 7) is 3.98. The van der Waals surface area contributed by atoms with Gasteiger partial charge in [0.05, 0.1) is 5.92 Å². The van der Waals surface area contributed by atoms with Crippen molar-refractivity contribution >= 4 is 11.9 Å². The van der Waals surface area contributed by atoms with Crippen molar-refractivity contribution in [3.63, 3.8) is 0 Å². The number of aromatic nitrogens is 2. The van der Waals surface area contributed by atoms with Crippen molar-refractivity contribution in [2.24, 2.45) is 5.92 Å². The van der Waals surface area contributed by atoms with Crippen LogP contribution < -0.4 is 10.2 Å². The molecule has 2 aromatic carbocycles. The molecule has 1 saturated heterocycles. The van der Waals surface area contributed by atoms with Crippen molar-refractivity contribution in [1.82, 2.24) is 20.2 Å². The van der Waals surface area contributed by atoms with E-state index in [4.69, 9.17) is 0 Å². The molecular formula is C27H32FN5O. The highest BCUT2D eigenvalue weighted by molar-refractivity contribution is 5.79. The number of nitrogens with one attached hydrogen (secondary N) is 1. The molecule has 1 N–H and O–H groups in total. The van der Waals surface area contributed by atoms with Gasteiger partial charge >= 0.3 is 0 Å². The van der Waals surface area contributed by atoms with Gasteiger partial charge in [0.2, 0.25) is 11.9 Å². The Labute approximate surface area is 200 Å². The molecule has 0 bridgehead atoms. The molecular weight excluding hydrogens is 429 g/mol. The van der Waals surface area contributed by atoms with Crippen molar-refractivity contribution in [2.45, 2.75) is 25.8 Å². The van der Waals surface area contributed by atoms with Crippen molar-refractivity contribution < 1.29 is 9.18 Å². The van der Waals surface area contributed by atoms with Crippen LogP contribution in [0.4, 0.5) is 10.3 Å². The molecule has 1 aliphatic heterocycles. The zero-order chi connectivity index (χ0) is 23.8. The van der Waals surface area contributed by atoms with Gasteiger partial charge in [-0.25, -0.2) is 14.4 Å². The van der Waals surface area contributed by atoms with E-state index in [1.54, 1.807) is 24.5 Å². The number of hydrogen-bond acceptors (Lipinski definition) is 5. The molecule has 1 aromatic heterocycles. The Hall–Kier alpha value is -3.32. The zero-order valence-electron chi connectivity index (χ0n) is 19.7. The minimum absolute atomic E-state index is 0.0591. The first-order chi connectivity index (χ1) is 16.6. The van der Waals surface area contributed by atoms with Gasteiger partial charge in [0, 0.05) is 44.1 Å². The van der Waals surface area contributed by atoms with Crippen LogP contribution in [0, 0.1) is 11.7 Å². The number of amides is 1. The molecule has 0 radical (unpaired) electrons.